The summed E-state index contributed by atoms with van der Waals surface area (Å²) >= 11 is 0. The number of fused-ring (bicyclic) bond motifs is 1. The molecule has 3 aromatic heterocycles. The summed E-state index contributed by atoms with van der Waals surface area (Å²) in [4.78, 5) is 11.6. The van der Waals surface area contributed by atoms with Gasteiger partial charge < -0.3 is 9.14 Å². The highest BCUT2D eigenvalue weighted by Crippen LogP contribution is 2.36. The molecule has 5 nitrogen and oxygen atoms in total. The molecule has 0 spiro atoms. The van der Waals surface area contributed by atoms with Gasteiger partial charge in [0.25, 0.3) is 0 Å². The maximum Gasteiger partial charge on any atom is 0.123 e. The number of imidazole rings is 1. The lowest BCUT2D eigenvalue weighted by molar-refractivity contribution is 0.242. The number of likely N-dealkylation sites (tertiary alicyclic amines) is 1. The molecule has 1 atom stereocenters. The lowest BCUT2D eigenvalue weighted by atomic mass is 10.1. The number of ether oxygens (including phenoxy) is 1. The Balaban J connectivity index is 1.45. The van der Waals surface area contributed by atoms with Crippen LogP contribution in [0.25, 0.3) is 16.6 Å². The summed E-state index contributed by atoms with van der Waals surface area (Å²) in [5.41, 5.74) is 5.82. The first-order valence-electron chi connectivity index (χ1n) is 10.1. The van der Waals surface area contributed by atoms with Gasteiger partial charge in [-0.05, 0) is 43.1 Å². The molecule has 0 unspecified atom stereocenters. The minimum Gasteiger partial charge on any atom is -0.496 e. The van der Waals surface area contributed by atoms with E-state index in [-0.39, 0.29) is 0 Å². The molecule has 1 aromatic carbocycles. The molecular formula is C24H24N4O. The largest absolute Gasteiger partial charge is 0.496 e. The summed E-state index contributed by atoms with van der Waals surface area (Å²) in [5, 5.41) is 0. The fraction of sp³-hybridized carbons (Fsp3) is 0.250. The summed E-state index contributed by atoms with van der Waals surface area (Å²) in [6.07, 6.45) is 10.1. The molecule has 1 saturated heterocycles. The van der Waals surface area contributed by atoms with Crippen LogP contribution >= 0.6 is 0 Å². The topological polar surface area (TPSA) is 42.7 Å². The molecule has 1 fully saturated rings. The highest BCUT2D eigenvalue weighted by atomic mass is 16.5. The van der Waals surface area contributed by atoms with Crippen LogP contribution in [0.15, 0.2) is 73.4 Å². The zero-order valence-electron chi connectivity index (χ0n) is 16.5. The zero-order chi connectivity index (χ0) is 19.6. The number of hydrogen-bond donors (Lipinski definition) is 0. The van der Waals surface area contributed by atoms with E-state index in [2.05, 4.69) is 50.8 Å². The van der Waals surface area contributed by atoms with Crippen LogP contribution in [0, 0.1) is 0 Å². The lowest BCUT2D eigenvalue weighted by Gasteiger charge is -2.24. The van der Waals surface area contributed by atoms with Crippen LogP contribution in [0.2, 0.25) is 0 Å². The second kappa shape index (κ2) is 7.68. The van der Waals surface area contributed by atoms with Crippen LogP contribution in [0.1, 0.15) is 30.1 Å². The van der Waals surface area contributed by atoms with Crippen LogP contribution in [0.4, 0.5) is 0 Å². The van der Waals surface area contributed by atoms with Crippen molar-refractivity contribution in [3.8, 4) is 16.9 Å². The average Bonchev–Trinajstić information content (AvgIpc) is 3.40. The lowest BCUT2D eigenvalue weighted by Crippen LogP contribution is -2.23. The van der Waals surface area contributed by atoms with Gasteiger partial charge >= 0.3 is 0 Å². The molecule has 146 valence electrons. The number of nitrogens with zero attached hydrogens (tertiary/aromatic N) is 4. The van der Waals surface area contributed by atoms with Gasteiger partial charge in [-0.3, -0.25) is 9.88 Å². The van der Waals surface area contributed by atoms with Crippen molar-refractivity contribution in [2.24, 2.45) is 0 Å². The number of rotatable bonds is 5. The molecule has 1 aliphatic rings. The summed E-state index contributed by atoms with van der Waals surface area (Å²) in [6.45, 7) is 1.96. The van der Waals surface area contributed by atoms with Gasteiger partial charge in [0.1, 0.15) is 5.75 Å². The van der Waals surface area contributed by atoms with Crippen LogP contribution < -0.4 is 4.74 Å². The molecule has 0 N–H and O–H groups in total. The Labute approximate surface area is 170 Å². The van der Waals surface area contributed by atoms with E-state index >= 15 is 0 Å². The first kappa shape index (κ1) is 17.9. The Morgan fingerprint density at radius 1 is 1.07 bits per heavy atom. The van der Waals surface area contributed by atoms with Crippen molar-refractivity contribution in [2.75, 3.05) is 13.7 Å². The number of para-hydroxylation sites is 1. The minimum atomic E-state index is 0.328. The summed E-state index contributed by atoms with van der Waals surface area (Å²) in [7, 11) is 1.74. The molecule has 1 aliphatic heterocycles. The normalized spacial score (nSPS) is 17.1. The van der Waals surface area contributed by atoms with Gasteiger partial charge in [0, 0.05) is 36.3 Å². The van der Waals surface area contributed by atoms with Gasteiger partial charge in [-0.15, -0.1) is 0 Å². The van der Waals surface area contributed by atoms with E-state index in [0.29, 0.717) is 6.04 Å². The monoisotopic (exact) mass is 384 g/mol. The van der Waals surface area contributed by atoms with Crippen LogP contribution in [0.3, 0.4) is 0 Å². The molecule has 29 heavy (non-hydrogen) atoms. The third kappa shape index (κ3) is 3.38. The van der Waals surface area contributed by atoms with Crippen molar-refractivity contribution in [3.05, 3.63) is 84.7 Å². The molecule has 5 rings (SSSR count). The van der Waals surface area contributed by atoms with Gasteiger partial charge in [-0.2, -0.15) is 0 Å². The maximum absolute atomic E-state index is 5.56. The van der Waals surface area contributed by atoms with Crippen LogP contribution in [-0.4, -0.2) is 32.9 Å². The van der Waals surface area contributed by atoms with E-state index in [1.54, 1.807) is 13.3 Å². The van der Waals surface area contributed by atoms with Gasteiger partial charge in [-0.25, -0.2) is 4.98 Å². The number of methoxy groups -OCH3 is 1. The predicted molar refractivity (Wildman–Crippen MR) is 114 cm³/mol. The Hall–Kier alpha value is -3.18. The number of hydrogen-bond acceptors (Lipinski definition) is 4. The van der Waals surface area contributed by atoms with Crippen molar-refractivity contribution in [1.29, 1.82) is 0 Å². The van der Waals surface area contributed by atoms with E-state index in [1.807, 2.05) is 30.7 Å². The average molecular weight is 384 g/mol. The molecule has 4 aromatic rings. The second-order valence-electron chi connectivity index (χ2n) is 7.52. The van der Waals surface area contributed by atoms with Crippen molar-refractivity contribution >= 4 is 5.52 Å². The highest BCUT2D eigenvalue weighted by molar-refractivity contribution is 5.66. The second-order valence-corrected chi connectivity index (χ2v) is 7.52. The Morgan fingerprint density at radius 3 is 2.86 bits per heavy atom. The molecule has 0 aliphatic carbocycles. The summed E-state index contributed by atoms with van der Waals surface area (Å²) < 4.78 is 7.69. The van der Waals surface area contributed by atoms with Gasteiger partial charge in [0.05, 0.1) is 30.7 Å². The van der Waals surface area contributed by atoms with Crippen molar-refractivity contribution in [2.45, 2.75) is 25.4 Å². The molecule has 0 saturated carbocycles. The molecular weight excluding hydrogens is 360 g/mol. The molecule has 0 bridgehead atoms. The zero-order valence-corrected chi connectivity index (χ0v) is 16.5. The van der Waals surface area contributed by atoms with Crippen molar-refractivity contribution < 1.29 is 4.74 Å². The van der Waals surface area contributed by atoms with E-state index < -0.39 is 0 Å². The first-order valence-corrected chi connectivity index (χ1v) is 10.1. The Morgan fingerprint density at radius 2 is 2.00 bits per heavy atom. The Kier molecular flexibility index (Phi) is 4.74. The number of benzene rings is 1. The van der Waals surface area contributed by atoms with E-state index in [9.17, 15) is 0 Å². The standard InChI is InChI=1S/C24H24N4O/c1-29-23-9-3-2-6-20(23)16-27-13-5-8-21(27)24-22-11-10-19(15-28(22)17-26-24)18-7-4-12-25-14-18/h2-4,6-7,9-12,14-15,17,21H,5,8,13,16H2,1H3/t21-/m1/s1. The first-order chi connectivity index (χ1) is 14.3. The smallest absolute Gasteiger partial charge is 0.123 e. The Bertz CT molecular complexity index is 1120. The highest BCUT2D eigenvalue weighted by Gasteiger charge is 2.29. The molecule has 5 heteroatoms. The minimum absolute atomic E-state index is 0.328. The molecule has 0 amide bonds. The molecule has 0 radical (unpaired) electrons. The summed E-state index contributed by atoms with van der Waals surface area (Å²) in [6, 6.07) is 17.0. The molecule has 4 heterocycles. The third-order valence-corrected chi connectivity index (χ3v) is 5.80. The third-order valence-electron chi connectivity index (χ3n) is 5.80. The van der Waals surface area contributed by atoms with Crippen molar-refractivity contribution in [3.63, 3.8) is 0 Å². The van der Waals surface area contributed by atoms with Crippen LogP contribution in [-0.2, 0) is 6.54 Å². The SMILES string of the molecule is COc1ccccc1CN1CCC[C@@H]1c1ncn2cc(-c3cccnc3)ccc12. The summed E-state index contributed by atoms with van der Waals surface area (Å²) in [5.74, 6) is 0.953. The number of pyridine rings is 2. The van der Waals surface area contributed by atoms with E-state index in [1.165, 1.54) is 17.5 Å². The maximum atomic E-state index is 5.56. The van der Waals surface area contributed by atoms with Gasteiger partial charge in [0.15, 0.2) is 0 Å². The van der Waals surface area contributed by atoms with E-state index in [0.717, 1.165) is 42.1 Å². The quantitative estimate of drug-likeness (QED) is 0.498. The fourth-order valence-electron chi connectivity index (χ4n) is 4.36. The van der Waals surface area contributed by atoms with Crippen LogP contribution in [0.5, 0.6) is 5.75 Å². The fourth-order valence-corrected chi connectivity index (χ4v) is 4.36. The van der Waals surface area contributed by atoms with E-state index in [4.69, 9.17) is 9.72 Å². The number of aromatic nitrogens is 3. The van der Waals surface area contributed by atoms with Gasteiger partial charge in [0.2, 0.25) is 0 Å². The predicted octanol–water partition coefficient (Wildman–Crippen LogP) is 4.74. The van der Waals surface area contributed by atoms with Gasteiger partial charge in [-0.1, -0.05) is 30.3 Å². The van der Waals surface area contributed by atoms with Crippen molar-refractivity contribution in [1.82, 2.24) is 19.3 Å².